The first-order valence-corrected chi connectivity index (χ1v) is 7.66. The summed E-state index contributed by atoms with van der Waals surface area (Å²) in [6, 6.07) is -1.16. The van der Waals surface area contributed by atoms with Crippen LogP contribution in [0, 0.1) is 0 Å². The van der Waals surface area contributed by atoms with Gasteiger partial charge in [0.15, 0.2) is 0 Å². The third-order valence-corrected chi connectivity index (χ3v) is 3.59. The van der Waals surface area contributed by atoms with Crippen LogP contribution in [0.4, 0.5) is 26.3 Å². The van der Waals surface area contributed by atoms with Crippen LogP contribution in [0.2, 0.25) is 0 Å². The molecule has 0 aliphatic heterocycles. The number of halogens is 6. The molecule has 6 nitrogen and oxygen atoms in total. The summed E-state index contributed by atoms with van der Waals surface area (Å²) in [5.74, 6) is -0.704. The van der Waals surface area contributed by atoms with Crippen molar-refractivity contribution in [1.82, 2.24) is 5.32 Å². The molecule has 12 heteroatoms. The van der Waals surface area contributed by atoms with Gasteiger partial charge in [-0.2, -0.15) is 26.3 Å². The van der Waals surface area contributed by atoms with Gasteiger partial charge in [0.25, 0.3) is 5.91 Å². The highest BCUT2D eigenvalue weighted by molar-refractivity contribution is 5.84. The van der Waals surface area contributed by atoms with Crippen molar-refractivity contribution in [3.05, 3.63) is 0 Å². The van der Waals surface area contributed by atoms with E-state index in [0.717, 1.165) is 0 Å². The van der Waals surface area contributed by atoms with E-state index in [1.54, 1.807) is 0 Å². The Morgan fingerprint density at radius 1 is 1.15 bits per heavy atom. The Labute approximate surface area is 147 Å². The molecule has 26 heavy (non-hydrogen) atoms. The fourth-order valence-corrected chi connectivity index (χ4v) is 1.82. The topological polar surface area (TPSA) is 93.8 Å². The maximum Gasteiger partial charge on any atom is 0.423 e. The van der Waals surface area contributed by atoms with Gasteiger partial charge < -0.3 is 25.6 Å². The Kier molecular flexibility index (Phi) is 9.30. The van der Waals surface area contributed by atoms with Gasteiger partial charge in [-0.25, -0.2) is 0 Å². The van der Waals surface area contributed by atoms with Crippen molar-refractivity contribution in [2.24, 2.45) is 5.73 Å². The van der Waals surface area contributed by atoms with E-state index in [9.17, 15) is 36.2 Å². The number of carbonyl (C=O) groups excluding carboxylic acids is 1. The molecule has 0 heterocycles. The van der Waals surface area contributed by atoms with Crippen LogP contribution in [0.5, 0.6) is 0 Å². The normalized spacial score (nSPS) is 15.8. The van der Waals surface area contributed by atoms with Gasteiger partial charge >= 0.3 is 12.4 Å². The van der Waals surface area contributed by atoms with Crippen molar-refractivity contribution < 1.29 is 45.7 Å². The molecule has 0 aliphatic carbocycles. The van der Waals surface area contributed by atoms with E-state index < -0.39 is 48.7 Å². The summed E-state index contributed by atoms with van der Waals surface area (Å²) >= 11 is 0. The van der Waals surface area contributed by atoms with Gasteiger partial charge in [0.2, 0.25) is 6.10 Å². The minimum absolute atomic E-state index is 0.0231. The zero-order valence-corrected chi connectivity index (χ0v) is 14.6. The number of hydrogen-bond donors (Lipinski definition) is 3. The van der Waals surface area contributed by atoms with E-state index in [0.29, 0.717) is 0 Å². The lowest BCUT2D eigenvalue weighted by molar-refractivity contribution is -0.325. The van der Waals surface area contributed by atoms with E-state index in [1.807, 2.05) is 0 Å². The van der Waals surface area contributed by atoms with Crippen LogP contribution in [0.25, 0.3) is 0 Å². The molecule has 0 aromatic rings. The van der Waals surface area contributed by atoms with Crippen LogP contribution in [0.15, 0.2) is 0 Å². The molecule has 1 amide bonds. The summed E-state index contributed by atoms with van der Waals surface area (Å²) in [5, 5.41) is 12.3. The monoisotopic (exact) mass is 398 g/mol. The minimum Gasteiger partial charge on any atom is -0.389 e. The molecular weight excluding hydrogens is 374 g/mol. The number of methoxy groups -OCH3 is 1. The molecule has 0 aliphatic rings. The van der Waals surface area contributed by atoms with Gasteiger partial charge in [-0.15, -0.1) is 0 Å². The van der Waals surface area contributed by atoms with Gasteiger partial charge in [-0.05, 0) is 33.2 Å². The Morgan fingerprint density at radius 2 is 1.65 bits per heavy atom. The van der Waals surface area contributed by atoms with Crippen molar-refractivity contribution in [1.29, 1.82) is 0 Å². The largest absolute Gasteiger partial charge is 0.423 e. The molecule has 0 aromatic heterocycles. The zero-order chi connectivity index (χ0) is 20.8. The first-order chi connectivity index (χ1) is 11.7. The second-order valence-corrected chi connectivity index (χ2v) is 6.09. The number of alkyl halides is 6. The molecule has 0 aromatic carbocycles. The molecular formula is C14H24F6N2O4. The second kappa shape index (κ2) is 9.72. The smallest absolute Gasteiger partial charge is 0.389 e. The number of carbonyl (C=O) groups is 1. The number of rotatable bonds is 10. The fourth-order valence-electron chi connectivity index (χ4n) is 1.82. The Balaban J connectivity index is 5.08. The van der Waals surface area contributed by atoms with Crippen LogP contribution in [-0.2, 0) is 14.3 Å². The third-order valence-electron chi connectivity index (χ3n) is 3.59. The highest BCUT2D eigenvalue weighted by Crippen LogP contribution is 2.35. The highest BCUT2D eigenvalue weighted by Gasteiger charge is 2.58. The Morgan fingerprint density at radius 3 is 2.04 bits per heavy atom. The molecule has 4 N–H and O–H groups in total. The summed E-state index contributed by atoms with van der Waals surface area (Å²) in [6.07, 6.45) is -16.9. The number of ether oxygens (including phenoxy) is 2. The van der Waals surface area contributed by atoms with Crippen molar-refractivity contribution in [2.45, 2.75) is 62.9 Å². The lowest BCUT2D eigenvalue weighted by Crippen LogP contribution is -2.53. The highest BCUT2D eigenvalue weighted by atomic mass is 19.4. The number of amides is 1. The van der Waals surface area contributed by atoms with E-state index in [2.05, 4.69) is 10.1 Å². The number of aliphatic hydroxyl groups is 1. The Hall–Kier alpha value is -1.11. The molecule has 0 radical (unpaired) electrons. The molecule has 0 fully saturated rings. The average molecular weight is 398 g/mol. The van der Waals surface area contributed by atoms with E-state index in [4.69, 9.17) is 10.5 Å². The van der Waals surface area contributed by atoms with Gasteiger partial charge in [-0.3, -0.25) is 4.79 Å². The standard InChI is InChI=1S/C14H24F6N2O4/c1-12(2,25-3)11(24)22-8(5-4-6-21)9(23)7-26-10(13(15,16)17)14(18,19)20/h8-10,23H,4-7,21H2,1-3H3,(H,22,24)/t8-,9?/m0/s1. The second-order valence-electron chi connectivity index (χ2n) is 6.09. The molecule has 1 unspecified atom stereocenters. The van der Waals surface area contributed by atoms with Gasteiger partial charge in [0.1, 0.15) is 5.60 Å². The maximum absolute atomic E-state index is 12.5. The van der Waals surface area contributed by atoms with E-state index >= 15 is 0 Å². The molecule has 156 valence electrons. The summed E-state index contributed by atoms with van der Waals surface area (Å²) in [5.41, 5.74) is 3.99. The predicted octanol–water partition coefficient (Wildman–Crippen LogP) is 1.51. The quantitative estimate of drug-likeness (QED) is 0.485. The summed E-state index contributed by atoms with van der Waals surface area (Å²) < 4.78 is 83.5. The fraction of sp³-hybridized carbons (Fsp3) is 0.929. The van der Waals surface area contributed by atoms with Gasteiger partial charge in [0, 0.05) is 7.11 Å². The number of aliphatic hydroxyl groups excluding tert-OH is 1. The van der Waals surface area contributed by atoms with Crippen molar-refractivity contribution in [3.63, 3.8) is 0 Å². The SMILES string of the molecule is COC(C)(C)C(=O)N[C@@H](CCCN)C(O)COC(C(F)(F)F)C(F)(F)F. The third kappa shape index (κ3) is 8.06. The lowest BCUT2D eigenvalue weighted by atomic mass is 10.0. The van der Waals surface area contributed by atoms with E-state index in [1.165, 1.54) is 21.0 Å². The molecule has 0 saturated heterocycles. The lowest BCUT2D eigenvalue weighted by Gasteiger charge is -2.30. The zero-order valence-electron chi connectivity index (χ0n) is 14.6. The van der Waals surface area contributed by atoms with Crippen molar-refractivity contribution >= 4 is 5.91 Å². The Bertz CT molecular complexity index is 428. The maximum atomic E-state index is 12.5. The van der Waals surface area contributed by atoms with E-state index in [-0.39, 0.29) is 19.4 Å². The van der Waals surface area contributed by atoms with Crippen LogP contribution >= 0.6 is 0 Å². The summed E-state index contributed by atoms with van der Waals surface area (Å²) in [4.78, 5) is 12.1. The summed E-state index contributed by atoms with van der Waals surface area (Å²) in [6.45, 7) is 1.65. The molecule has 0 spiro atoms. The first-order valence-electron chi connectivity index (χ1n) is 7.66. The molecule has 0 bridgehead atoms. The van der Waals surface area contributed by atoms with Crippen LogP contribution in [0.1, 0.15) is 26.7 Å². The number of hydrogen-bond acceptors (Lipinski definition) is 5. The number of nitrogens with one attached hydrogen (secondary N) is 1. The van der Waals surface area contributed by atoms with Crippen LogP contribution in [0.3, 0.4) is 0 Å². The van der Waals surface area contributed by atoms with Crippen LogP contribution < -0.4 is 11.1 Å². The predicted molar refractivity (Wildman–Crippen MR) is 79.2 cm³/mol. The first kappa shape index (κ1) is 24.9. The molecule has 2 atom stereocenters. The minimum atomic E-state index is -5.69. The average Bonchev–Trinajstić information content (AvgIpc) is 2.48. The summed E-state index contributed by atoms with van der Waals surface area (Å²) in [7, 11) is 1.24. The molecule has 0 rings (SSSR count). The molecule has 0 saturated carbocycles. The van der Waals surface area contributed by atoms with Gasteiger partial charge in [0.05, 0.1) is 18.8 Å². The van der Waals surface area contributed by atoms with Gasteiger partial charge in [-0.1, -0.05) is 0 Å². The van der Waals surface area contributed by atoms with Crippen molar-refractivity contribution in [3.8, 4) is 0 Å². The van der Waals surface area contributed by atoms with Crippen LogP contribution in [-0.4, -0.2) is 67.5 Å². The number of nitrogens with two attached hydrogens (primary N) is 1. The van der Waals surface area contributed by atoms with Crippen molar-refractivity contribution in [2.75, 3.05) is 20.3 Å².